The zero-order valence-corrected chi connectivity index (χ0v) is 18.9. The number of aryl methyl sites for hydroxylation is 1. The van der Waals surface area contributed by atoms with E-state index in [1.165, 1.54) is 0 Å². The number of unbranched alkanes of at least 4 members (excludes halogenated alkanes) is 1. The smallest absolute Gasteiger partial charge is 0.243 e. The van der Waals surface area contributed by atoms with E-state index in [4.69, 9.17) is 44.3 Å². The summed E-state index contributed by atoms with van der Waals surface area (Å²) in [5.41, 5.74) is 1.72. The first-order chi connectivity index (χ1) is 14.5. The maximum Gasteiger partial charge on any atom is 0.243 e. The average molecular weight is 471 g/mol. The molecule has 10 heteroatoms. The van der Waals surface area contributed by atoms with Gasteiger partial charge in [-0.1, -0.05) is 59.3 Å². The van der Waals surface area contributed by atoms with Gasteiger partial charge in [0.2, 0.25) is 5.95 Å². The minimum Gasteiger partial charge on any atom is -0.493 e. The zero-order chi connectivity index (χ0) is 21.5. The molecule has 1 N–H and O–H groups in total. The summed E-state index contributed by atoms with van der Waals surface area (Å²) in [6, 6.07) is 8.91. The van der Waals surface area contributed by atoms with Crippen molar-refractivity contribution in [3.63, 3.8) is 0 Å². The van der Waals surface area contributed by atoms with Gasteiger partial charge in [0.15, 0.2) is 11.5 Å². The monoisotopic (exact) mass is 469 g/mol. The predicted octanol–water partition coefficient (Wildman–Crippen LogP) is 5.63. The molecule has 7 nitrogen and oxygen atoms in total. The van der Waals surface area contributed by atoms with Gasteiger partial charge in [-0.3, -0.25) is 0 Å². The van der Waals surface area contributed by atoms with Gasteiger partial charge in [0.1, 0.15) is 6.61 Å². The summed E-state index contributed by atoms with van der Waals surface area (Å²) in [6.07, 6.45) is 2.06. The Hall–Kier alpha value is -2.22. The molecular weight excluding hydrogens is 449 g/mol. The minimum absolute atomic E-state index is 0.299. The Morgan fingerprint density at radius 2 is 1.87 bits per heavy atom. The molecule has 0 aliphatic heterocycles. The van der Waals surface area contributed by atoms with E-state index in [0.29, 0.717) is 45.7 Å². The molecule has 0 amide bonds. The number of nitrogens with one attached hydrogen (secondary N) is 1. The van der Waals surface area contributed by atoms with E-state index >= 15 is 0 Å². The molecule has 160 valence electrons. The van der Waals surface area contributed by atoms with Crippen LogP contribution in [0.3, 0.4) is 0 Å². The molecule has 0 unspecified atom stereocenters. The first-order valence-corrected chi connectivity index (χ1v) is 10.6. The third kappa shape index (κ3) is 5.68. The van der Waals surface area contributed by atoms with Crippen LogP contribution in [0.5, 0.6) is 11.5 Å². The molecule has 2 aromatic carbocycles. The van der Waals surface area contributed by atoms with E-state index in [1.54, 1.807) is 30.0 Å². The highest BCUT2D eigenvalue weighted by atomic mass is 35.5. The Labute approximate surface area is 190 Å². The fourth-order valence-electron chi connectivity index (χ4n) is 2.74. The van der Waals surface area contributed by atoms with Crippen LogP contribution in [0.4, 0.5) is 5.95 Å². The van der Waals surface area contributed by atoms with Crippen molar-refractivity contribution in [3.05, 3.63) is 56.5 Å². The third-order valence-corrected chi connectivity index (χ3v) is 5.49. The molecule has 3 rings (SSSR count). The van der Waals surface area contributed by atoms with Crippen LogP contribution in [0, 0.1) is 0 Å². The van der Waals surface area contributed by atoms with Gasteiger partial charge in [-0.25, -0.2) is 4.68 Å². The van der Waals surface area contributed by atoms with Gasteiger partial charge in [-0.2, -0.15) is 0 Å². The van der Waals surface area contributed by atoms with E-state index in [0.717, 1.165) is 30.5 Å². The molecule has 0 saturated heterocycles. The number of benzene rings is 2. The Morgan fingerprint density at radius 3 is 2.60 bits per heavy atom. The largest absolute Gasteiger partial charge is 0.493 e. The number of halogens is 3. The van der Waals surface area contributed by atoms with E-state index in [-0.39, 0.29) is 0 Å². The van der Waals surface area contributed by atoms with Crippen molar-refractivity contribution in [2.75, 3.05) is 12.4 Å². The summed E-state index contributed by atoms with van der Waals surface area (Å²) >= 11 is 18.5. The van der Waals surface area contributed by atoms with Crippen molar-refractivity contribution in [3.8, 4) is 11.5 Å². The molecule has 0 fully saturated rings. The number of ether oxygens (including phenoxy) is 2. The Kier molecular flexibility index (Phi) is 8.01. The van der Waals surface area contributed by atoms with Gasteiger partial charge in [0.25, 0.3) is 0 Å². The van der Waals surface area contributed by atoms with Crippen molar-refractivity contribution in [2.45, 2.75) is 39.5 Å². The number of hydrogen-bond donors (Lipinski definition) is 1. The lowest BCUT2D eigenvalue weighted by Crippen LogP contribution is -2.09. The van der Waals surface area contributed by atoms with Crippen molar-refractivity contribution < 1.29 is 9.47 Å². The number of anilines is 1. The molecule has 30 heavy (non-hydrogen) atoms. The Morgan fingerprint density at radius 1 is 1.03 bits per heavy atom. The molecule has 0 aliphatic rings. The van der Waals surface area contributed by atoms with E-state index in [9.17, 15) is 0 Å². The van der Waals surface area contributed by atoms with Crippen molar-refractivity contribution >= 4 is 40.8 Å². The lowest BCUT2D eigenvalue weighted by molar-refractivity contribution is 0.284. The van der Waals surface area contributed by atoms with Crippen LogP contribution in [-0.4, -0.2) is 27.3 Å². The second kappa shape index (κ2) is 10.7. The normalized spacial score (nSPS) is 10.8. The summed E-state index contributed by atoms with van der Waals surface area (Å²) in [6.45, 7) is 3.61. The van der Waals surface area contributed by atoms with Crippen LogP contribution < -0.4 is 14.8 Å². The lowest BCUT2D eigenvalue weighted by Gasteiger charge is -2.15. The maximum atomic E-state index is 6.48. The molecule has 0 saturated carbocycles. The van der Waals surface area contributed by atoms with Crippen LogP contribution >= 0.6 is 34.8 Å². The van der Waals surface area contributed by atoms with Crippen LogP contribution in [0.25, 0.3) is 0 Å². The molecule has 1 aromatic heterocycles. The summed E-state index contributed by atoms with van der Waals surface area (Å²) in [4.78, 5) is 0. The predicted molar refractivity (Wildman–Crippen MR) is 119 cm³/mol. The molecule has 1 heterocycles. The quantitative estimate of drug-likeness (QED) is 0.414. The summed E-state index contributed by atoms with van der Waals surface area (Å²) < 4.78 is 13.1. The first-order valence-electron chi connectivity index (χ1n) is 9.45. The molecular formula is C20H22Cl3N5O2. The average Bonchev–Trinajstić information content (AvgIpc) is 3.19. The Balaban J connectivity index is 1.69. The van der Waals surface area contributed by atoms with E-state index in [1.807, 2.05) is 12.1 Å². The number of nitrogens with zero attached hydrogens (tertiary/aromatic N) is 4. The molecule has 3 aromatic rings. The molecule has 0 radical (unpaired) electrons. The highest BCUT2D eigenvalue weighted by Crippen LogP contribution is 2.34. The van der Waals surface area contributed by atoms with Gasteiger partial charge in [-0.05, 0) is 46.2 Å². The van der Waals surface area contributed by atoms with Gasteiger partial charge in [0, 0.05) is 24.2 Å². The standard InChI is InChI=1S/C20H22Cl3N5O2/c1-3-4-7-28-20(25-26-27-28)24-11-14-9-18(29-2)19(10-16(14)22)30-12-13-5-6-15(21)17(23)8-13/h5-6,8-10H,3-4,7,11-12H2,1-2H3,(H,24,25,27). The van der Waals surface area contributed by atoms with Gasteiger partial charge < -0.3 is 14.8 Å². The number of tetrazole rings is 1. The molecule has 0 spiro atoms. The summed E-state index contributed by atoms with van der Waals surface area (Å²) in [7, 11) is 1.58. The topological polar surface area (TPSA) is 74.1 Å². The second-order valence-corrected chi connectivity index (χ2v) is 7.79. The van der Waals surface area contributed by atoms with Gasteiger partial charge in [0.05, 0.1) is 17.2 Å². The van der Waals surface area contributed by atoms with Crippen molar-refractivity contribution in [1.82, 2.24) is 20.2 Å². The zero-order valence-electron chi connectivity index (χ0n) is 16.7. The molecule has 0 aliphatic carbocycles. The van der Waals surface area contributed by atoms with Crippen molar-refractivity contribution in [2.24, 2.45) is 0 Å². The fourth-order valence-corrected chi connectivity index (χ4v) is 3.28. The lowest BCUT2D eigenvalue weighted by atomic mass is 10.2. The number of hydrogen-bond acceptors (Lipinski definition) is 6. The number of rotatable bonds is 10. The number of methoxy groups -OCH3 is 1. The van der Waals surface area contributed by atoms with E-state index < -0.39 is 0 Å². The van der Waals surface area contributed by atoms with E-state index in [2.05, 4.69) is 27.8 Å². The van der Waals surface area contributed by atoms with Crippen LogP contribution in [-0.2, 0) is 19.7 Å². The first kappa shape index (κ1) is 22.5. The number of aromatic nitrogens is 4. The SMILES string of the molecule is CCCCn1nnnc1NCc1cc(OC)c(OCc2ccc(Cl)c(Cl)c2)cc1Cl. The van der Waals surface area contributed by atoms with Gasteiger partial charge in [-0.15, -0.1) is 0 Å². The van der Waals surface area contributed by atoms with Crippen LogP contribution in [0.1, 0.15) is 30.9 Å². The minimum atomic E-state index is 0.299. The highest BCUT2D eigenvalue weighted by Gasteiger charge is 2.13. The maximum absolute atomic E-state index is 6.48. The van der Waals surface area contributed by atoms with Crippen LogP contribution in [0.2, 0.25) is 15.1 Å². The Bertz CT molecular complexity index is 997. The molecule has 0 atom stereocenters. The van der Waals surface area contributed by atoms with Gasteiger partial charge >= 0.3 is 0 Å². The summed E-state index contributed by atoms with van der Waals surface area (Å²) in [5.74, 6) is 1.70. The third-order valence-electron chi connectivity index (χ3n) is 4.40. The van der Waals surface area contributed by atoms with Crippen molar-refractivity contribution in [1.29, 1.82) is 0 Å². The summed E-state index contributed by atoms with van der Waals surface area (Å²) in [5, 5.41) is 16.5. The fraction of sp³-hybridized carbons (Fsp3) is 0.350. The second-order valence-electron chi connectivity index (χ2n) is 6.56. The highest BCUT2D eigenvalue weighted by molar-refractivity contribution is 6.42. The molecule has 0 bridgehead atoms. The van der Waals surface area contributed by atoms with Crippen LogP contribution in [0.15, 0.2) is 30.3 Å².